The zero-order chi connectivity index (χ0) is 30.8. The average Bonchev–Trinajstić information content (AvgIpc) is 3.04. The van der Waals surface area contributed by atoms with E-state index in [4.69, 9.17) is 0 Å². The van der Waals surface area contributed by atoms with Gasteiger partial charge in [-0.05, 0) is 112 Å². The Kier molecular flexibility index (Phi) is 12.9. The van der Waals surface area contributed by atoms with Gasteiger partial charge >= 0.3 is 0 Å². The Bertz CT molecular complexity index is 1210. The van der Waals surface area contributed by atoms with Crippen molar-refractivity contribution in [1.82, 2.24) is 17.8 Å². The van der Waals surface area contributed by atoms with Gasteiger partial charge in [0.2, 0.25) is 0 Å². The number of anilines is 1. The average molecular weight is 642 g/mol. The van der Waals surface area contributed by atoms with Crippen LogP contribution in [0.2, 0.25) is 0 Å². The molecule has 0 atom stereocenters. The minimum absolute atomic E-state index is 0.444. The van der Waals surface area contributed by atoms with Gasteiger partial charge in [0.1, 0.15) is 0 Å². The highest BCUT2D eigenvalue weighted by Crippen LogP contribution is 2.31. The van der Waals surface area contributed by atoms with Gasteiger partial charge < -0.3 is 9.80 Å². The SMILES string of the molecule is CN(C)c1ccc(SN2CCCN(CC3CCCCC3)CCCN(S(=O)(=O)N3CCC(c4ccccc4)CC3)CCC2)cc1. The largest absolute Gasteiger partial charge is 0.378 e. The Balaban J connectivity index is 1.25. The lowest BCUT2D eigenvalue weighted by atomic mass is 9.89. The summed E-state index contributed by atoms with van der Waals surface area (Å²) in [5.74, 6) is 1.24. The van der Waals surface area contributed by atoms with Crippen molar-refractivity contribution in [3.05, 3.63) is 60.2 Å². The van der Waals surface area contributed by atoms with Crippen LogP contribution < -0.4 is 4.90 Å². The van der Waals surface area contributed by atoms with Crippen LogP contribution in [0.5, 0.6) is 0 Å². The summed E-state index contributed by atoms with van der Waals surface area (Å²) in [6.45, 7) is 7.55. The molecule has 7 nitrogen and oxygen atoms in total. The van der Waals surface area contributed by atoms with Gasteiger partial charge in [0.05, 0.1) is 0 Å². The zero-order valence-corrected chi connectivity index (χ0v) is 28.8. The van der Waals surface area contributed by atoms with Crippen molar-refractivity contribution < 1.29 is 8.42 Å². The van der Waals surface area contributed by atoms with Gasteiger partial charge in [-0.15, -0.1) is 0 Å². The van der Waals surface area contributed by atoms with Gasteiger partial charge in [-0.25, -0.2) is 4.31 Å². The van der Waals surface area contributed by atoms with Crippen LogP contribution in [0.1, 0.15) is 75.7 Å². The normalized spacial score (nSPS) is 22.3. The monoisotopic (exact) mass is 641 g/mol. The van der Waals surface area contributed by atoms with Gasteiger partial charge in [-0.3, -0.25) is 0 Å². The first-order valence-electron chi connectivity index (χ1n) is 17.1. The quantitative estimate of drug-likeness (QED) is 0.305. The molecule has 2 heterocycles. The molecule has 5 rings (SSSR count). The molecule has 0 amide bonds. The van der Waals surface area contributed by atoms with Crippen LogP contribution in [0.15, 0.2) is 59.5 Å². The predicted molar refractivity (Wildman–Crippen MR) is 186 cm³/mol. The second-order valence-electron chi connectivity index (χ2n) is 13.3. The highest BCUT2D eigenvalue weighted by atomic mass is 32.2. The van der Waals surface area contributed by atoms with Gasteiger partial charge in [0.15, 0.2) is 0 Å². The summed E-state index contributed by atoms with van der Waals surface area (Å²) in [4.78, 5) is 6.03. The van der Waals surface area contributed by atoms with Gasteiger partial charge in [0.25, 0.3) is 10.2 Å². The second kappa shape index (κ2) is 16.8. The summed E-state index contributed by atoms with van der Waals surface area (Å²) < 4.78 is 34.2. The van der Waals surface area contributed by atoms with E-state index >= 15 is 0 Å². The zero-order valence-electron chi connectivity index (χ0n) is 27.2. The van der Waals surface area contributed by atoms with E-state index in [9.17, 15) is 8.42 Å². The smallest absolute Gasteiger partial charge is 0.281 e. The maximum absolute atomic E-state index is 14.1. The molecule has 2 saturated heterocycles. The molecular weight excluding hydrogens is 587 g/mol. The van der Waals surface area contributed by atoms with Gasteiger partial charge in [-0.2, -0.15) is 17.0 Å². The number of hydrogen-bond donors (Lipinski definition) is 0. The molecule has 0 bridgehead atoms. The summed E-state index contributed by atoms with van der Waals surface area (Å²) in [6, 6.07) is 19.4. The van der Waals surface area contributed by atoms with E-state index < -0.39 is 10.2 Å². The molecular formula is C35H55N5O2S2. The Hall–Kier alpha value is -1.62. The molecule has 44 heavy (non-hydrogen) atoms. The number of hydrogen-bond acceptors (Lipinski definition) is 6. The first-order valence-corrected chi connectivity index (χ1v) is 19.3. The van der Waals surface area contributed by atoms with Crippen molar-refractivity contribution in [2.24, 2.45) is 5.92 Å². The molecule has 9 heteroatoms. The number of benzene rings is 2. The van der Waals surface area contributed by atoms with E-state index in [2.05, 4.69) is 82.8 Å². The molecule has 1 aliphatic carbocycles. The Labute approximate surface area is 272 Å². The lowest BCUT2D eigenvalue weighted by Gasteiger charge is -2.36. The summed E-state index contributed by atoms with van der Waals surface area (Å²) in [6.07, 6.45) is 11.5. The highest BCUT2D eigenvalue weighted by Gasteiger charge is 2.33. The Morgan fingerprint density at radius 3 is 1.91 bits per heavy atom. The maximum Gasteiger partial charge on any atom is 0.281 e. The summed E-state index contributed by atoms with van der Waals surface area (Å²) in [7, 11) is 0.649. The Morgan fingerprint density at radius 2 is 1.27 bits per heavy atom. The van der Waals surface area contributed by atoms with Crippen LogP contribution in [0.25, 0.3) is 0 Å². The third kappa shape index (κ3) is 9.69. The van der Waals surface area contributed by atoms with E-state index in [0.717, 1.165) is 64.2 Å². The van der Waals surface area contributed by atoms with Crippen molar-refractivity contribution in [2.75, 3.05) is 77.9 Å². The molecule has 0 N–H and O–H groups in total. The van der Waals surface area contributed by atoms with E-state index in [-0.39, 0.29) is 0 Å². The fourth-order valence-electron chi connectivity index (χ4n) is 7.20. The molecule has 2 aliphatic heterocycles. The lowest BCUT2D eigenvalue weighted by Crippen LogP contribution is -2.48. The lowest BCUT2D eigenvalue weighted by molar-refractivity contribution is 0.185. The molecule has 2 aromatic carbocycles. The van der Waals surface area contributed by atoms with Crippen LogP contribution in [0.3, 0.4) is 0 Å². The van der Waals surface area contributed by atoms with Crippen LogP contribution in [0, 0.1) is 5.92 Å². The predicted octanol–water partition coefficient (Wildman–Crippen LogP) is 6.55. The van der Waals surface area contributed by atoms with E-state index in [1.54, 1.807) is 4.31 Å². The summed E-state index contributed by atoms with van der Waals surface area (Å²) in [5, 5.41) is 0. The molecule has 244 valence electrons. The van der Waals surface area contributed by atoms with Crippen molar-refractivity contribution in [3.8, 4) is 0 Å². The van der Waals surface area contributed by atoms with Crippen LogP contribution in [-0.4, -0.2) is 99.2 Å². The topological polar surface area (TPSA) is 50.3 Å². The fraction of sp³-hybridized carbons (Fsp3) is 0.657. The number of rotatable bonds is 8. The number of nitrogens with zero attached hydrogens (tertiary/aromatic N) is 5. The van der Waals surface area contributed by atoms with Crippen LogP contribution in [-0.2, 0) is 10.2 Å². The molecule has 0 spiro atoms. The molecule has 1 saturated carbocycles. The third-order valence-electron chi connectivity index (χ3n) is 9.78. The van der Waals surface area contributed by atoms with E-state index in [1.807, 2.05) is 16.3 Å². The molecule has 2 aromatic rings. The van der Waals surface area contributed by atoms with Crippen molar-refractivity contribution in [3.63, 3.8) is 0 Å². The fourth-order valence-corrected chi connectivity index (χ4v) is 9.92. The van der Waals surface area contributed by atoms with Crippen molar-refractivity contribution >= 4 is 27.8 Å². The molecule has 0 aromatic heterocycles. The molecule has 3 aliphatic rings. The maximum atomic E-state index is 14.1. The van der Waals surface area contributed by atoms with Gasteiger partial charge in [0, 0.05) is 70.5 Å². The first kappa shape index (κ1) is 33.7. The minimum Gasteiger partial charge on any atom is -0.378 e. The number of piperidine rings is 1. The third-order valence-corrected chi connectivity index (χ3v) is 12.9. The standard InChI is InChI=1S/C35H55N5O2S2/c1-36(2)34-16-18-35(19-17-34)43-38-24-9-22-37(30-31-12-5-3-6-13-31)23-10-26-39(27-11-25-38)44(41,42)40-28-20-33(21-29-40)32-14-7-4-8-15-32/h4,7-8,14-19,31,33H,3,5-6,9-13,20-30H2,1-2H3. The van der Waals surface area contributed by atoms with E-state index in [1.165, 1.54) is 54.8 Å². The minimum atomic E-state index is -3.50. The van der Waals surface area contributed by atoms with Crippen LogP contribution >= 0.6 is 11.9 Å². The Morgan fingerprint density at radius 1 is 0.682 bits per heavy atom. The van der Waals surface area contributed by atoms with Gasteiger partial charge in [-0.1, -0.05) is 49.6 Å². The van der Waals surface area contributed by atoms with Crippen molar-refractivity contribution in [2.45, 2.75) is 75.0 Å². The first-order chi connectivity index (χ1) is 21.4. The molecule has 0 unspecified atom stereocenters. The van der Waals surface area contributed by atoms with E-state index in [0.29, 0.717) is 32.1 Å². The molecule has 3 fully saturated rings. The summed E-state index contributed by atoms with van der Waals surface area (Å²) in [5.41, 5.74) is 2.54. The summed E-state index contributed by atoms with van der Waals surface area (Å²) >= 11 is 1.83. The highest BCUT2D eigenvalue weighted by molar-refractivity contribution is 7.97. The van der Waals surface area contributed by atoms with Crippen molar-refractivity contribution in [1.29, 1.82) is 0 Å². The van der Waals surface area contributed by atoms with Crippen LogP contribution in [0.4, 0.5) is 5.69 Å². The second-order valence-corrected chi connectivity index (χ2v) is 16.4. The molecule has 0 radical (unpaired) electrons.